The maximum Gasteiger partial charge on any atom is 0.125 e. The van der Waals surface area contributed by atoms with Crippen LogP contribution in [0.15, 0.2) is 42.5 Å². The van der Waals surface area contributed by atoms with E-state index < -0.39 is 0 Å². The van der Waals surface area contributed by atoms with Crippen LogP contribution in [0.25, 0.3) is 0 Å². The molecule has 1 fully saturated rings. The summed E-state index contributed by atoms with van der Waals surface area (Å²) in [5, 5.41) is 3.38. The fourth-order valence-electron chi connectivity index (χ4n) is 3.65. The van der Waals surface area contributed by atoms with Crippen molar-refractivity contribution in [2.45, 2.75) is 18.4 Å². The summed E-state index contributed by atoms with van der Waals surface area (Å²) in [7, 11) is 0. The van der Waals surface area contributed by atoms with Gasteiger partial charge in [0, 0.05) is 29.9 Å². The minimum absolute atomic E-state index is 0.209. The number of nitrogens with zero attached hydrogens (tertiary/aromatic N) is 1. The van der Waals surface area contributed by atoms with Crippen LogP contribution in [-0.4, -0.2) is 19.1 Å². The molecule has 4 rings (SSSR count). The number of hydrogen-bond donors (Lipinski definition) is 1. The van der Waals surface area contributed by atoms with Gasteiger partial charge in [-0.25, -0.2) is 8.78 Å². The first kappa shape index (κ1) is 12.8. The molecule has 0 aliphatic carbocycles. The van der Waals surface area contributed by atoms with Gasteiger partial charge in [-0.1, -0.05) is 6.07 Å². The fraction of sp³-hybridized carbons (Fsp3) is 0.294. The molecule has 108 valence electrons. The van der Waals surface area contributed by atoms with E-state index in [0.717, 1.165) is 36.4 Å². The van der Waals surface area contributed by atoms with Crippen LogP contribution in [-0.2, 0) is 0 Å². The zero-order chi connectivity index (χ0) is 14.4. The van der Waals surface area contributed by atoms with Crippen molar-refractivity contribution in [2.24, 2.45) is 0 Å². The van der Waals surface area contributed by atoms with Crippen LogP contribution in [0.3, 0.4) is 0 Å². The van der Waals surface area contributed by atoms with Gasteiger partial charge < -0.3 is 10.2 Å². The first-order valence-electron chi connectivity index (χ1n) is 7.29. The van der Waals surface area contributed by atoms with Crippen molar-refractivity contribution in [1.82, 2.24) is 5.32 Å². The Bertz CT molecular complexity index is 686. The average molecular weight is 286 g/mol. The van der Waals surface area contributed by atoms with Gasteiger partial charge in [0.05, 0.1) is 0 Å². The first-order chi connectivity index (χ1) is 10.2. The summed E-state index contributed by atoms with van der Waals surface area (Å²) in [6.07, 6.45) is 0.970. The highest BCUT2D eigenvalue weighted by molar-refractivity contribution is 5.73. The molecule has 0 radical (unpaired) electrons. The summed E-state index contributed by atoms with van der Waals surface area (Å²) >= 11 is 0. The van der Waals surface area contributed by atoms with Gasteiger partial charge in [-0.3, -0.25) is 0 Å². The smallest absolute Gasteiger partial charge is 0.125 e. The lowest BCUT2D eigenvalue weighted by Gasteiger charge is -2.34. The Morgan fingerprint density at radius 2 is 1.90 bits per heavy atom. The van der Waals surface area contributed by atoms with Gasteiger partial charge >= 0.3 is 0 Å². The Morgan fingerprint density at radius 3 is 2.76 bits per heavy atom. The Hall–Kier alpha value is -1.94. The summed E-state index contributed by atoms with van der Waals surface area (Å²) in [5.74, 6) is -0.194. The van der Waals surface area contributed by atoms with Crippen LogP contribution in [0, 0.1) is 11.6 Å². The Balaban J connectivity index is 1.86. The lowest BCUT2D eigenvalue weighted by molar-refractivity contribution is 0.418. The maximum atomic E-state index is 13.6. The van der Waals surface area contributed by atoms with E-state index in [-0.39, 0.29) is 23.6 Å². The van der Waals surface area contributed by atoms with Gasteiger partial charge in [0.1, 0.15) is 11.6 Å². The second kappa shape index (κ2) is 4.81. The van der Waals surface area contributed by atoms with E-state index in [2.05, 4.69) is 10.2 Å². The normalized spacial score (nSPS) is 23.8. The second-order valence-electron chi connectivity index (χ2n) is 5.72. The summed E-state index contributed by atoms with van der Waals surface area (Å²) in [5.41, 5.74) is 2.87. The molecule has 0 spiro atoms. The summed E-state index contributed by atoms with van der Waals surface area (Å²) < 4.78 is 27.2. The molecular formula is C17H16F2N2. The van der Waals surface area contributed by atoms with Gasteiger partial charge in [0.2, 0.25) is 0 Å². The van der Waals surface area contributed by atoms with E-state index in [1.807, 2.05) is 12.1 Å². The Labute approximate surface area is 122 Å². The first-order valence-corrected chi connectivity index (χ1v) is 7.29. The molecule has 2 aliphatic rings. The van der Waals surface area contributed by atoms with Gasteiger partial charge in [-0.15, -0.1) is 0 Å². The van der Waals surface area contributed by atoms with Crippen molar-refractivity contribution < 1.29 is 8.78 Å². The van der Waals surface area contributed by atoms with Gasteiger partial charge in [0.15, 0.2) is 0 Å². The number of piperidine rings is 1. The minimum atomic E-state index is -0.242. The van der Waals surface area contributed by atoms with Gasteiger partial charge in [-0.05, 0) is 54.9 Å². The minimum Gasteiger partial charge on any atom is -0.337 e. The van der Waals surface area contributed by atoms with Crippen LogP contribution in [0.2, 0.25) is 0 Å². The third-order valence-corrected chi connectivity index (χ3v) is 4.51. The third kappa shape index (κ3) is 2.02. The van der Waals surface area contributed by atoms with E-state index >= 15 is 0 Å². The number of nitrogens with one attached hydrogen (secondary N) is 1. The number of anilines is 2. The van der Waals surface area contributed by atoms with Crippen molar-refractivity contribution in [3.05, 3.63) is 59.7 Å². The predicted molar refractivity (Wildman–Crippen MR) is 79.0 cm³/mol. The van der Waals surface area contributed by atoms with Gasteiger partial charge in [0.25, 0.3) is 0 Å². The molecule has 4 heteroatoms. The maximum absolute atomic E-state index is 13.6. The van der Waals surface area contributed by atoms with E-state index in [0.29, 0.717) is 0 Å². The van der Waals surface area contributed by atoms with Crippen LogP contribution >= 0.6 is 0 Å². The molecular weight excluding hydrogens is 270 g/mol. The summed E-state index contributed by atoms with van der Waals surface area (Å²) in [4.78, 5) is 2.17. The molecule has 0 bridgehead atoms. The van der Waals surface area contributed by atoms with Crippen molar-refractivity contribution >= 4 is 11.4 Å². The SMILES string of the molecule is Fc1cccc(N2c3ccc(F)cc3[C@@H]3CNCC[C@H]32)c1. The standard InChI is InChI=1S/C17H16F2N2/c18-11-2-1-3-13(8-11)21-16-5-4-12(19)9-14(16)15-10-20-7-6-17(15)21/h1-5,8-9,15,17,20H,6-7,10H2/t15-,17+/m0/s1. The largest absolute Gasteiger partial charge is 0.337 e. The molecule has 2 aromatic rings. The summed E-state index contributed by atoms with van der Waals surface area (Å²) in [6.45, 7) is 1.77. The topological polar surface area (TPSA) is 15.3 Å². The van der Waals surface area contributed by atoms with Gasteiger partial charge in [-0.2, -0.15) is 0 Å². The molecule has 0 unspecified atom stereocenters. The van der Waals surface area contributed by atoms with Crippen LogP contribution in [0.1, 0.15) is 17.9 Å². The molecule has 2 atom stereocenters. The van der Waals surface area contributed by atoms with Crippen LogP contribution in [0.4, 0.5) is 20.2 Å². The highest BCUT2D eigenvalue weighted by atomic mass is 19.1. The molecule has 0 saturated carbocycles. The molecule has 1 N–H and O–H groups in total. The van der Waals surface area contributed by atoms with Crippen LogP contribution in [0.5, 0.6) is 0 Å². The Morgan fingerprint density at radius 1 is 1.05 bits per heavy atom. The number of rotatable bonds is 1. The number of benzene rings is 2. The summed E-state index contributed by atoms with van der Waals surface area (Å²) in [6, 6.07) is 11.8. The quantitative estimate of drug-likeness (QED) is 0.862. The molecule has 2 aliphatic heterocycles. The average Bonchev–Trinajstić information content (AvgIpc) is 2.81. The number of halogens is 2. The second-order valence-corrected chi connectivity index (χ2v) is 5.72. The fourth-order valence-corrected chi connectivity index (χ4v) is 3.65. The zero-order valence-electron chi connectivity index (χ0n) is 11.5. The van der Waals surface area contributed by atoms with E-state index in [9.17, 15) is 8.78 Å². The molecule has 21 heavy (non-hydrogen) atoms. The zero-order valence-corrected chi connectivity index (χ0v) is 11.5. The third-order valence-electron chi connectivity index (χ3n) is 4.51. The monoisotopic (exact) mass is 286 g/mol. The molecule has 1 saturated heterocycles. The lowest BCUT2D eigenvalue weighted by atomic mass is 9.90. The molecule has 0 aromatic heterocycles. The lowest BCUT2D eigenvalue weighted by Crippen LogP contribution is -2.42. The van der Waals surface area contributed by atoms with Crippen molar-refractivity contribution in [3.63, 3.8) is 0 Å². The number of fused-ring (bicyclic) bond motifs is 3. The van der Waals surface area contributed by atoms with Crippen molar-refractivity contribution in [1.29, 1.82) is 0 Å². The van der Waals surface area contributed by atoms with Crippen molar-refractivity contribution in [3.8, 4) is 0 Å². The highest BCUT2D eigenvalue weighted by Crippen LogP contribution is 2.47. The van der Waals surface area contributed by atoms with Crippen molar-refractivity contribution in [2.75, 3.05) is 18.0 Å². The molecule has 0 amide bonds. The van der Waals surface area contributed by atoms with Crippen LogP contribution < -0.4 is 10.2 Å². The van der Waals surface area contributed by atoms with E-state index in [1.165, 1.54) is 12.1 Å². The van der Waals surface area contributed by atoms with E-state index in [1.54, 1.807) is 18.2 Å². The molecule has 2 heterocycles. The van der Waals surface area contributed by atoms with E-state index in [4.69, 9.17) is 0 Å². The highest BCUT2D eigenvalue weighted by Gasteiger charge is 2.40. The Kier molecular flexibility index (Phi) is 2.93. The number of hydrogen-bond acceptors (Lipinski definition) is 2. The molecule has 2 nitrogen and oxygen atoms in total. The molecule has 2 aromatic carbocycles. The predicted octanol–water partition coefficient (Wildman–Crippen LogP) is 3.56.